The van der Waals surface area contributed by atoms with Crippen LogP contribution in [0.4, 0.5) is 5.69 Å². The molecule has 3 rings (SSSR count). The van der Waals surface area contributed by atoms with Crippen LogP contribution in [0.1, 0.15) is 5.56 Å². The second kappa shape index (κ2) is 4.14. The number of imidazole rings is 1. The van der Waals surface area contributed by atoms with E-state index < -0.39 is 0 Å². The second-order valence-electron chi connectivity index (χ2n) is 4.30. The Morgan fingerprint density at radius 2 is 1.94 bits per heavy atom. The topological polar surface area (TPSA) is 53.6 Å². The van der Waals surface area contributed by atoms with Gasteiger partial charge in [0.2, 0.25) is 0 Å². The molecule has 0 bridgehead atoms. The Balaban J connectivity index is 2.07. The minimum Gasteiger partial charge on any atom is -0.388 e. The maximum absolute atomic E-state index is 4.49. The van der Waals surface area contributed by atoms with E-state index in [1.54, 1.807) is 0 Å². The molecule has 3 aromatic rings. The zero-order valence-electron chi connectivity index (χ0n) is 10.4. The third kappa shape index (κ3) is 1.82. The summed E-state index contributed by atoms with van der Waals surface area (Å²) >= 11 is 0. The van der Waals surface area contributed by atoms with Gasteiger partial charge in [-0.15, -0.1) is 0 Å². The summed E-state index contributed by atoms with van der Waals surface area (Å²) in [4.78, 5) is 12.1. The first-order chi connectivity index (χ1) is 8.76. The Bertz CT molecular complexity index is 683. The van der Waals surface area contributed by atoms with Gasteiger partial charge in [-0.3, -0.25) is 0 Å². The third-order valence-corrected chi connectivity index (χ3v) is 2.92. The quantitative estimate of drug-likeness (QED) is 0.721. The van der Waals surface area contributed by atoms with Crippen molar-refractivity contribution in [2.24, 2.45) is 0 Å². The molecule has 2 N–H and O–H groups in total. The van der Waals surface area contributed by atoms with Crippen LogP contribution in [-0.4, -0.2) is 22.0 Å². The van der Waals surface area contributed by atoms with Gasteiger partial charge in [-0.2, -0.15) is 0 Å². The van der Waals surface area contributed by atoms with Crippen molar-refractivity contribution in [2.75, 3.05) is 12.4 Å². The molecular formula is C14H14N4. The number of fused-ring (bicyclic) bond motifs is 1. The van der Waals surface area contributed by atoms with Gasteiger partial charge >= 0.3 is 0 Å². The SMILES string of the molecule is CNc1ccc(-c2nc3ncc(C)cc3[nH]2)cc1. The summed E-state index contributed by atoms with van der Waals surface area (Å²) in [6.45, 7) is 2.02. The highest BCUT2D eigenvalue weighted by atomic mass is 15.0. The fourth-order valence-electron chi connectivity index (χ4n) is 1.94. The molecule has 0 atom stereocenters. The Hall–Kier alpha value is -2.36. The van der Waals surface area contributed by atoms with Crippen molar-refractivity contribution in [1.29, 1.82) is 0 Å². The van der Waals surface area contributed by atoms with Crippen molar-refractivity contribution < 1.29 is 0 Å². The average molecular weight is 238 g/mol. The second-order valence-corrected chi connectivity index (χ2v) is 4.30. The number of rotatable bonds is 2. The molecule has 4 nitrogen and oxygen atoms in total. The standard InChI is InChI=1S/C14H14N4/c1-9-7-12-14(16-8-9)18-13(17-12)10-3-5-11(15-2)6-4-10/h3-8,15H,1-2H3,(H,16,17,18). The summed E-state index contributed by atoms with van der Waals surface area (Å²) in [5.74, 6) is 0.853. The van der Waals surface area contributed by atoms with Gasteiger partial charge in [0.15, 0.2) is 5.65 Å². The van der Waals surface area contributed by atoms with E-state index in [4.69, 9.17) is 0 Å². The maximum Gasteiger partial charge on any atom is 0.178 e. The number of nitrogens with one attached hydrogen (secondary N) is 2. The molecule has 18 heavy (non-hydrogen) atoms. The lowest BCUT2D eigenvalue weighted by Crippen LogP contribution is -1.87. The number of hydrogen-bond donors (Lipinski definition) is 2. The Morgan fingerprint density at radius 1 is 1.17 bits per heavy atom. The number of hydrogen-bond acceptors (Lipinski definition) is 3. The molecule has 0 saturated carbocycles. The highest BCUT2D eigenvalue weighted by Crippen LogP contribution is 2.21. The molecular weight excluding hydrogens is 224 g/mol. The number of aromatic amines is 1. The van der Waals surface area contributed by atoms with E-state index in [0.717, 1.165) is 33.8 Å². The molecule has 0 aliphatic heterocycles. The van der Waals surface area contributed by atoms with Crippen LogP contribution < -0.4 is 5.32 Å². The molecule has 0 radical (unpaired) electrons. The monoisotopic (exact) mass is 238 g/mol. The van der Waals surface area contributed by atoms with E-state index in [1.165, 1.54) is 0 Å². The summed E-state index contributed by atoms with van der Waals surface area (Å²) in [5.41, 5.74) is 5.01. The lowest BCUT2D eigenvalue weighted by atomic mass is 10.2. The third-order valence-electron chi connectivity index (χ3n) is 2.92. The van der Waals surface area contributed by atoms with E-state index in [-0.39, 0.29) is 0 Å². The average Bonchev–Trinajstić information content (AvgIpc) is 2.81. The molecule has 90 valence electrons. The number of H-pyrrole nitrogens is 1. The van der Waals surface area contributed by atoms with Gasteiger partial charge in [0, 0.05) is 24.5 Å². The number of benzene rings is 1. The van der Waals surface area contributed by atoms with Gasteiger partial charge in [0.25, 0.3) is 0 Å². The van der Waals surface area contributed by atoms with Gasteiger partial charge in [0.1, 0.15) is 5.82 Å². The summed E-state index contributed by atoms with van der Waals surface area (Å²) < 4.78 is 0. The number of aryl methyl sites for hydroxylation is 1. The van der Waals surface area contributed by atoms with Gasteiger partial charge in [-0.25, -0.2) is 9.97 Å². The molecule has 0 spiro atoms. The first-order valence-corrected chi connectivity index (χ1v) is 5.87. The first kappa shape index (κ1) is 10.8. The zero-order chi connectivity index (χ0) is 12.5. The number of pyridine rings is 1. The normalized spacial score (nSPS) is 10.8. The highest BCUT2D eigenvalue weighted by molar-refractivity contribution is 5.76. The van der Waals surface area contributed by atoms with Gasteiger partial charge in [0.05, 0.1) is 5.52 Å². The van der Waals surface area contributed by atoms with E-state index in [0.29, 0.717) is 0 Å². The lowest BCUT2D eigenvalue weighted by Gasteiger charge is -2.00. The van der Waals surface area contributed by atoms with Crippen LogP contribution in [0, 0.1) is 6.92 Å². The van der Waals surface area contributed by atoms with Crippen LogP contribution in [-0.2, 0) is 0 Å². The number of anilines is 1. The Labute approximate surface area is 105 Å². The van der Waals surface area contributed by atoms with Crippen molar-refractivity contribution >= 4 is 16.9 Å². The molecule has 0 aliphatic carbocycles. The van der Waals surface area contributed by atoms with Gasteiger partial charge in [-0.1, -0.05) is 0 Å². The molecule has 0 aliphatic rings. The molecule has 2 heterocycles. The molecule has 0 unspecified atom stereocenters. The minimum absolute atomic E-state index is 0.758. The van der Waals surface area contributed by atoms with Crippen molar-refractivity contribution in [1.82, 2.24) is 15.0 Å². The molecule has 0 amide bonds. The number of aromatic nitrogens is 3. The van der Waals surface area contributed by atoms with E-state index in [1.807, 2.05) is 44.4 Å². The van der Waals surface area contributed by atoms with Crippen LogP contribution in [0.3, 0.4) is 0 Å². The summed E-state index contributed by atoms with van der Waals surface area (Å²) in [6, 6.07) is 10.2. The maximum atomic E-state index is 4.49. The lowest BCUT2D eigenvalue weighted by molar-refractivity contribution is 1.28. The Morgan fingerprint density at radius 3 is 2.67 bits per heavy atom. The minimum atomic E-state index is 0.758. The predicted octanol–water partition coefficient (Wildman–Crippen LogP) is 2.98. The van der Waals surface area contributed by atoms with E-state index in [9.17, 15) is 0 Å². The van der Waals surface area contributed by atoms with Crippen LogP contribution in [0.25, 0.3) is 22.6 Å². The van der Waals surface area contributed by atoms with Crippen molar-refractivity contribution in [3.63, 3.8) is 0 Å². The fourth-order valence-corrected chi connectivity index (χ4v) is 1.94. The molecule has 2 aromatic heterocycles. The van der Waals surface area contributed by atoms with E-state index in [2.05, 4.69) is 26.3 Å². The number of nitrogens with zero attached hydrogens (tertiary/aromatic N) is 2. The predicted molar refractivity (Wildman–Crippen MR) is 73.6 cm³/mol. The molecule has 0 fully saturated rings. The molecule has 4 heteroatoms. The fraction of sp³-hybridized carbons (Fsp3) is 0.143. The van der Waals surface area contributed by atoms with Gasteiger partial charge in [-0.05, 0) is 42.8 Å². The Kier molecular flexibility index (Phi) is 2.48. The largest absolute Gasteiger partial charge is 0.388 e. The summed E-state index contributed by atoms with van der Waals surface area (Å²) in [7, 11) is 1.91. The summed E-state index contributed by atoms with van der Waals surface area (Å²) in [6.07, 6.45) is 1.83. The first-order valence-electron chi connectivity index (χ1n) is 5.87. The van der Waals surface area contributed by atoms with E-state index >= 15 is 0 Å². The zero-order valence-corrected chi connectivity index (χ0v) is 10.4. The van der Waals surface area contributed by atoms with Crippen LogP contribution in [0.5, 0.6) is 0 Å². The summed E-state index contributed by atoms with van der Waals surface area (Å²) in [5, 5.41) is 3.10. The van der Waals surface area contributed by atoms with Gasteiger partial charge < -0.3 is 10.3 Å². The van der Waals surface area contributed by atoms with Crippen LogP contribution in [0.2, 0.25) is 0 Å². The molecule has 1 aromatic carbocycles. The smallest absolute Gasteiger partial charge is 0.178 e. The highest BCUT2D eigenvalue weighted by Gasteiger charge is 2.06. The van der Waals surface area contributed by atoms with Crippen LogP contribution in [0.15, 0.2) is 36.5 Å². The molecule has 0 saturated heterocycles. The van der Waals surface area contributed by atoms with Crippen LogP contribution >= 0.6 is 0 Å². The van der Waals surface area contributed by atoms with Crippen molar-refractivity contribution in [3.8, 4) is 11.4 Å². The van der Waals surface area contributed by atoms with Crippen molar-refractivity contribution in [2.45, 2.75) is 6.92 Å². The van der Waals surface area contributed by atoms with Crippen molar-refractivity contribution in [3.05, 3.63) is 42.1 Å².